The van der Waals surface area contributed by atoms with E-state index in [1.54, 1.807) is 13.1 Å². The monoisotopic (exact) mass is 640 g/mol. The molecule has 0 N–H and O–H groups in total. The minimum absolute atomic E-state index is 0.0819. The van der Waals surface area contributed by atoms with Gasteiger partial charge in [-0.2, -0.15) is 30.7 Å². The fourth-order valence-electron chi connectivity index (χ4n) is 10.1. The summed E-state index contributed by atoms with van der Waals surface area (Å²) in [5, 5.41) is 0. The largest absolute Gasteiger partial charge is 0.459 e. The molecule has 4 aliphatic carbocycles. The molecule has 0 aromatic rings. The first-order chi connectivity index (χ1) is 19.6. The third-order valence-corrected chi connectivity index (χ3v) is 15.0. The summed E-state index contributed by atoms with van der Waals surface area (Å²) in [5.74, 6) is -6.85. The summed E-state index contributed by atoms with van der Waals surface area (Å²) in [6.07, 6.45) is 6.98. The first-order valence-corrected chi connectivity index (χ1v) is 20.0. The second kappa shape index (κ2) is 12.2. The first-order valence-electron chi connectivity index (χ1n) is 16.8. The predicted octanol–water partition coefficient (Wildman–Crippen LogP) is 11.8. The molecule has 8 unspecified atom stereocenters. The van der Waals surface area contributed by atoms with Crippen LogP contribution in [0.2, 0.25) is 19.1 Å². The third kappa shape index (κ3) is 6.78. The van der Waals surface area contributed by atoms with Crippen molar-refractivity contribution in [2.75, 3.05) is 0 Å². The van der Waals surface area contributed by atoms with E-state index in [4.69, 9.17) is 4.43 Å². The van der Waals surface area contributed by atoms with Gasteiger partial charge in [-0.1, -0.05) is 65.5 Å². The second-order valence-corrected chi connectivity index (χ2v) is 20.6. The Labute approximate surface area is 256 Å². The lowest BCUT2D eigenvalue weighted by Gasteiger charge is -2.58. The van der Waals surface area contributed by atoms with Gasteiger partial charge in [-0.25, -0.2) is 0 Å². The molecular formula is C34H55F7OSi. The van der Waals surface area contributed by atoms with Gasteiger partial charge in [-0.05, 0) is 117 Å². The molecule has 0 aromatic heterocycles. The molecular weight excluding hydrogens is 585 g/mol. The maximum Gasteiger partial charge on any atom is 0.459 e. The fourth-order valence-corrected chi connectivity index (χ4v) is 12.2. The van der Waals surface area contributed by atoms with Crippen molar-refractivity contribution in [3.05, 3.63) is 11.6 Å². The Balaban J connectivity index is 1.38. The molecule has 43 heavy (non-hydrogen) atoms. The summed E-state index contributed by atoms with van der Waals surface area (Å²) in [5.41, 5.74) is 1.86. The maximum absolute atomic E-state index is 14.0. The van der Waals surface area contributed by atoms with E-state index in [-0.39, 0.29) is 11.5 Å². The van der Waals surface area contributed by atoms with E-state index in [1.165, 1.54) is 50.5 Å². The van der Waals surface area contributed by atoms with Gasteiger partial charge in [0.05, 0.1) is 0 Å². The first kappa shape index (κ1) is 35.3. The van der Waals surface area contributed by atoms with Crippen LogP contribution in [-0.4, -0.2) is 32.4 Å². The lowest BCUT2D eigenvalue weighted by molar-refractivity contribution is -0.354. The van der Waals surface area contributed by atoms with E-state index >= 15 is 0 Å². The van der Waals surface area contributed by atoms with Crippen LogP contribution in [0.5, 0.6) is 0 Å². The average molecular weight is 641 g/mol. The van der Waals surface area contributed by atoms with Crippen molar-refractivity contribution in [2.45, 2.75) is 155 Å². The molecule has 0 aliphatic heterocycles. The van der Waals surface area contributed by atoms with Gasteiger partial charge in [0.25, 0.3) is 0 Å². The zero-order valence-electron chi connectivity index (χ0n) is 27.4. The highest BCUT2D eigenvalue weighted by Crippen LogP contribution is 2.67. The molecule has 0 radical (unpaired) electrons. The Hall–Kier alpha value is -0.573. The van der Waals surface area contributed by atoms with Crippen molar-refractivity contribution in [3.8, 4) is 0 Å². The van der Waals surface area contributed by atoms with E-state index in [9.17, 15) is 30.7 Å². The number of fused-ring (bicyclic) bond motifs is 5. The Bertz CT molecular complexity index is 1010. The molecule has 4 aliphatic rings. The van der Waals surface area contributed by atoms with E-state index in [2.05, 4.69) is 40.7 Å². The summed E-state index contributed by atoms with van der Waals surface area (Å²) in [6.45, 7) is 15.4. The zero-order chi connectivity index (χ0) is 32.2. The van der Waals surface area contributed by atoms with Gasteiger partial charge >= 0.3 is 18.0 Å². The van der Waals surface area contributed by atoms with Crippen LogP contribution in [0.4, 0.5) is 30.7 Å². The van der Waals surface area contributed by atoms with Crippen LogP contribution in [0.25, 0.3) is 0 Å². The van der Waals surface area contributed by atoms with Gasteiger partial charge in [0.1, 0.15) is 0 Å². The molecule has 1 nitrogen and oxygen atoms in total. The normalized spacial score (nSPS) is 36.2. The van der Waals surface area contributed by atoms with Gasteiger partial charge in [-0.3, -0.25) is 0 Å². The van der Waals surface area contributed by atoms with Crippen molar-refractivity contribution in [1.82, 2.24) is 0 Å². The van der Waals surface area contributed by atoms with E-state index in [1.807, 2.05) is 0 Å². The van der Waals surface area contributed by atoms with Crippen molar-refractivity contribution < 1.29 is 35.2 Å². The van der Waals surface area contributed by atoms with Crippen molar-refractivity contribution >= 4 is 8.32 Å². The fraction of sp³-hybridized carbons (Fsp3) is 0.941. The third-order valence-electron chi connectivity index (χ3n) is 12.6. The van der Waals surface area contributed by atoms with Crippen LogP contribution in [0.3, 0.4) is 0 Å². The van der Waals surface area contributed by atoms with E-state index < -0.39 is 38.8 Å². The number of hydrogen-bond donors (Lipinski definition) is 0. The molecule has 3 saturated carbocycles. The smallest absolute Gasteiger partial charge is 0.414 e. The van der Waals surface area contributed by atoms with Crippen LogP contribution in [-0.2, 0) is 4.43 Å². The van der Waals surface area contributed by atoms with Gasteiger partial charge in [0.15, 0.2) is 8.32 Å². The Morgan fingerprint density at radius 3 is 2.21 bits per heavy atom. The van der Waals surface area contributed by atoms with Crippen LogP contribution in [0.15, 0.2) is 11.6 Å². The predicted molar refractivity (Wildman–Crippen MR) is 161 cm³/mol. The van der Waals surface area contributed by atoms with Gasteiger partial charge in [0, 0.05) is 12.5 Å². The van der Waals surface area contributed by atoms with Gasteiger partial charge in [-0.15, -0.1) is 0 Å². The molecule has 0 amide bonds. The SMILES string of the molecule is CC(C)CCCC(C)C1CCC2C3CC=C4CC(O[Si](C)(C)CCC(F)(F)C(F)(F)C(F)(F)F)CCC4(C)C3CCC12C. The Morgan fingerprint density at radius 2 is 1.58 bits per heavy atom. The highest BCUT2D eigenvalue weighted by Gasteiger charge is 2.72. The quantitative estimate of drug-likeness (QED) is 0.124. The summed E-state index contributed by atoms with van der Waals surface area (Å²) in [4.78, 5) is 0. The van der Waals surface area contributed by atoms with E-state index in [0.717, 1.165) is 42.9 Å². The highest BCUT2D eigenvalue weighted by atomic mass is 28.4. The molecule has 3 fully saturated rings. The second-order valence-electron chi connectivity index (χ2n) is 16.3. The number of halogens is 7. The van der Waals surface area contributed by atoms with Crippen LogP contribution in [0.1, 0.15) is 112 Å². The molecule has 0 spiro atoms. The van der Waals surface area contributed by atoms with Crippen molar-refractivity contribution in [2.24, 2.45) is 46.3 Å². The molecule has 8 atom stereocenters. The average Bonchev–Trinajstić information content (AvgIpc) is 3.24. The topological polar surface area (TPSA) is 9.23 Å². The molecule has 4 rings (SSSR count). The zero-order valence-corrected chi connectivity index (χ0v) is 28.4. The Kier molecular flexibility index (Phi) is 10.0. The highest BCUT2D eigenvalue weighted by molar-refractivity contribution is 6.71. The Morgan fingerprint density at radius 1 is 0.907 bits per heavy atom. The summed E-state index contributed by atoms with van der Waals surface area (Å²) in [6, 6.07) is -0.458. The van der Waals surface area contributed by atoms with Crippen LogP contribution < -0.4 is 0 Å². The van der Waals surface area contributed by atoms with Gasteiger partial charge < -0.3 is 4.43 Å². The summed E-state index contributed by atoms with van der Waals surface area (Å²) in [7, 11) is -2.92. The van der Waals surface area contributed by atoms with E-state index in [0.29, 0.717) is 23.7 Å². The molecule has 250 valence electrons. The van der Waals surface area contributed by atoms with Crippen LogP contribution >= 0.6 is 0 Å². The number of hydrogen-bond acceptors (Lipinski definition) is 1. The minimum Gasteiger partial charge on any atom is -0.414 e. The number of alkyl halides is 7. The standard InChI is InChI=1S/C34H55F7OSi/c1-22(2)9-8-10-23(3)27-13-14-28-26-12-11-24-21-25(15-17-30(24,4)29(26)16-18-31(27,28)5)42-43(6,7)20-19-32(35,36)33(37,38)34(39,40)41/h11,22-23,25-29H,8-10,12-21H2,1-7H3. The van der Waals surface area contributed by atoms with Crippen LogP contribution in [0, 0.1) is 46.3 Å². The number of allylic oxidation sites excluding steroid dienone is 1. The van der Waals surface area contributed by atoms with Crippen molar-refractivity contribution in [1.29, 1.82) is 0 Å². The lowest BCUT2D eigenvalue weighted by atomic mass is 9.47. The minimum atomic E-state index is -6.29. The van der Waals surface area contributed by atoms with Gasteiger partial charge in [0.2, 0.25) is 0 Å². The molecule has 0 aromatic carbocycles. The maximum atomic E-state index is 14.0. The molecule has 0 saturated heterocycles. The lowest BCUT2D eigenvalue weighted by Crippen LogP contribution is -2.53. The van der Waals surface area contributed by atoms with Crippen molar-refractivity contribution in [3.63, 3.8) is 0 Å². The molecule has 9 heteroatoms. The molecule has 0 bridgehead atoms. The molecule has 0 heterocycles. The number of rotatable bonds is 11. The summed E-state index contributed by atoms with van der Waals surface area (Å²) >= 11 is 0. The summed E-state index contributed by atoms with van der Waals surface area (Å²) < 4.78 is 99.0.